The summed E-state index contributed by atoms with van der Waals surface area (Å²) < 4.78 is 5.83. The third kappa shape index (κ3) is 3.09. The molecule has 1 fully saturated rings. The second-order valence-electron chi connectivity index (χ2n) is 5.51. The summed E-state index contributed by atoms with van der Waals surface area (Å²) in [6.07, 6.45) is 3.83. The van der Waals surface area contributed by atoms with Gasteiger partial charge in [-0.05, 0) is 37.3 Å². The Morgan fingerprint density at radius 3 is 2.68 bits per heavy atom. The first-order valence-electron chi connectivity index (χ1n) is 7.17. The van der Waals surface area contributed by atoms with Crippen molar-refractivity contribution >= 4 is 11.6 Å². The third-order valence-electron chi connectivity index (χ3n) is 3.72. The fourth-order valence-corrected chi connectivity index (χ4v) is 2.02. The van der Waals surface area contributed by atoms with Crippen LogP contribution in [0.5, 0.6) is 5.75 Å². The maximum Gasteiger partial charge on any atom is 0.230 e. The van der Waals surface area contributed by atoms with E-state index in [1.54, 1.807) is 0 Å². The molecule has 1 saturated carbocycles. The summed E-state index contributed by atoms with van der Waals surface area (Å²) >= 11 is 0. The summed E-state index contributed by atoms with van der Waals surface area (Å²) in [6, 6.07) is 5.95. The summed E-state index contributed by atoms with van der Waals surface area (Å²) in [5.74, 6) is 0.951. The number of nitrogens with one attached hydrogen (secondary N) is 1. The number of anilines is 1. The van der Waals surface area contributed by atoms with Gasteiger partial charge in [0.1, 0.15) is 5.75 Å². The smallest absolute Gasteiger partial charge is 0.230 e. The Kier molecular flexibility index (Phi) is 4.13. The Balaban J connectivity index is 2.20. The zero-order chi connectivity index (χ0) is 13.9. The maximum absolute atomic E-state index is 12.2. The van der Waals surface area contributed by atoms with Crippen LogP contribution in [0.4, 0.5) is 5.69 Å². The molecule has 0 unspecified atom stereocenters. The lowest BCUT2D eigenvalue weighted by atomic mass is 10.1. The van der Waals surface area contributed by atoms with Gasteiger partial charge in [-0.1, -0.05) is 32.9 Å². The molecule has 0 heterocycles. The van der Waals surface area contributed by atoms with Crippen molar-refractivity contribution in [3.05, 3.63) is 23.8 Å². The molecule has 0 radical (unpaired) electrons. The van der Waals surface area contributed by atoms with Crippen molar-refractivity contribution in [1.82, 2.24) is 0 Å². The highest BCUT2D eigenvalue weighted by Crippen LogP contribution is 2.46. The highest BCUT2D eigenvalue weighted by molar-refractivity contribution is 5.98. The van der Waals surface area contributed by atoms with E-state index in [0.717, 1.165) is 42.7 Å². The number of hydrogen-bond donors (Lipinski definition) is 1. The van der Waals surface area contributed by atoms with Gasteiger partial charge in [0.25, 0.3) is 0 Å². The van der Waals surface area contributed by atoms with Gasteiger partial charge in [-0.3, -0.25) is 4.79 Å². The van der Waals surface area contributed by atoms with E-state index in [1.165, 1.54) is 0 Å². The summed E-state index contributed by atoms with van der Waals surface area (Å²) in [4.78, 5) is 12.2. The van der Waals surface area contributed by atoms with Crippen LogP contribution in [0.3, 0.4) is 0 Å². The van der Waals surface area contributed by atoms with Crippen molar-refractivity contribution in [2.45, 2.75) is 46.5 Å². The average molecular weight is 261 g/mol. The van der Waals surface area contributed by atoms with E-state index in [4.69, 9.17) is 4.74 Å². The lowest BCUT2D eigenvalue weighted by molar-refractivity contribution is -0.120. The predicted molar refractivity (Wildman–Crippen MR) is 77.6 cm³/mol. The number of carbonyl (C=O) groups is 1. The summed E-state index contributed by atoms with van der Waals surface area (Å²) in [5, 5.41) is 3.03. The van der Waals surface area contributed by atoms with Crippen molar-refractivity contribution in [2.75, 3.05) is 11.9 Å². The second kappa shape index (κ2) is 5.64. The van der Waals surface area contributed by atoms with E-state index in [-0.39, 0.29) is 11.3 Å². The molecule has 2 rings (SSSR count). The fraction of sp³-hybridized carbons (Fsp3) is 0.562. The quantitative estimate of drug-likeness (QED) is 0.846. The van der Waals surface area contributed by atoms with Crippen molar-refractivity contribution < 1.29 is 9.53 Å². The van der Waals surface area contributed by atoms with Crippen molar-refractivity contribution in [3.63, 3.8) is 0 Å². The van der Waals surface area contributed by atoms with Gasteiger partial charge in [0.05, 0.1) is 12.3 Å². The first kappa shape index (κ1) is 13.9. The fourth-order valence-electron chi connectivity index (χ4n) is 2.02. The molecule has 1 N–H and O–H groups in total. The third-order valence-corrected chi connectivity index (χ3v) is 3.72. The molecule has 0 bridgehead atoms. The number of carbonyl (C=O) groups excluding carboxylic acids is 1. The molecule has 0 atom stereocenters. The largest absolute Gasteiger partial charge is 0.491 e. The lowest BCUT2D eigenvalue weighted by Crippen LogP contribution is -2.22. The van der Waals surface area contributed by atoms with Crippen LogP contribution in [0.15, 0.2) is 18.2 Å². The van der Waals surface area contributed by atoms with Crippen LogP contribution in [-0.2, 0) is 11.2 Å². The van der Waals surface area contributed by atoms with Crippen LogP contribution in [0.25, 0.3) is 0 Å². The Bertz CT molecular complexity index is 464. The van der Waals surface area contributed by atoms with Crippen molar-refractivity contribution in [1.29, 1.82) is 0 Å². The molecule has 1 amide bonds. The minimum Gasteiger partial charge on any atom is -0.491 e. The number of para-hydroxylation sites is 1. The van der Waals surface area contributed by atoms with Gasteiger partial charge in [0, 0.05) is 5.41 Å². The van der Waals surface area contributed by atoms with Crippen LogP contribution in [-0.4, -0.2) is 12.5 Å². The average Bonchev–Trinajstić information content (AvgIpc) is 3.16. The van der Waals surface area contributed by atoms with E-state index in [0.29, 0.717) is 6.61 Å². The van der Waals surface area contributed by atoms with Gasteiger partial charge < -0.3 is 10.1 Å². The first-order valence-corrected chi connectivity index (χ1v) is 7.17. The lowest BCUT2D eigenvalue weighted by Gasteiger charge is -2.17. The van der Waals surface area contributed by atoms with Gasteiger partial charge in [-0.2, -0.15) is 0 Å². The molecule has 0 saturated heterocycles. The van der Waals surface area contributed by atoms with Crippen LogP contribution in [0.1, 0.15) is 45.6 Å². The first-order chi connectivity index (χ1) is 9.10. The molecule has 19 heavy (non-hydrogen) atoms. The normalized spacial score (nSPS) is 15.9. The summed E-state index contributed by atoms with van der Waals surface area (Å²) in [6.45, 7) is 6.87. The number of aryl methyl sites for hydroxylation is 1. The van der Waals surface area contributed by atoms with Crippen LogP contribution in [0.2, 0.25) is 0 Å². The molecule has 0 aliphatic heterocycles. The van der Waals surface area contributed by atoms with E-state index < -0.39 is 0 Å². The number of rotatable bonds is 6. The molecule has 1 aliphatic carbocycles. The highest BCUT2D eigenvalue weighted by Gasteiger charge is 2.45. The Hall–Kier alpha value is -1.51. The van der Waals surface area contributed by atoms with Crippen LogP contribution >= 0.6 is 0 Å². The molecule has 0 spiro atoms. The molecule has 1 aromatic rings. The summed E-state index contributed by atoms with van der Waals surface area (Å²) in [5.41, 5.74) is 1.79. The van der Waals surface area contributed by atoms with Gasteiger partial charge in [-0.15, -0.1) is 0 Å². The van der Waals surface area contributed by atoms with Crippen molar-refractivity contribution in [3.8, 4) is 5.75 Å². The SMILES string of the molecule is CCCOc1c(CC)cccc1NC(=O)C1(C)CC1. The molecule has 3 heteroatoms. The maximum atomic E-state index is 12.2. The molecule has 104 valence electrons. The van der Waals surface area contributed by atoms with Crippen LogP contribution < -0.4 is 10.1 Å². The summed E-state index contributed by atoms with van der Waals surface area (Å²) in [7, 11) is 0. The number of benzene rings is 1. The Morgan fingerprint density at radius 1 is 1.37 bits per heavy atom. The van der Waals surface area contributed by atoms with Crippen LogP contribution in [0, 0.1) is 5.41 Å². The van der Waals surface area contributed by atoms with E-state index in [9.17, 15) is 4.79 Å². The molecular weight excluding hydrogens is 238 g/mol. The minimum atomic E-state index is -0.162. The van der Waals surface area contributed by atoms with Gasteiger partial charge in [-0.25, -0.2) is 0 Å². The van der Waals surface area contributed by atoms with E-state index >= 15 is 0 Å². The molecule has 3 nitrogen and oxygen atoms in total. The zero-order valence-corrected chi connectivity index (χ0v) is 12.1. The number of ether oxygens (including phenoxy) is 1. The zero-order valence-electron chi connectivity index (χ0n) is 12.1. The number of amides is 1. The molecule has 1 aromatic carbocycles. The van der Waals surface area contributed by atoms with Crippen molar-refractivity contribution in [2.24, 2.45) is 5.41 Å². The van der Waals surface area contributed by atoms with Gasteiger partial charge in [0.2, 0.25) is 5.91 Å². The molecule has 1 aliphatic rings. The topological polar surface area (TPSA) is 38.3 Å². The van der Waals surface area contributed by atoms with Gasteiger partial charge in [0.15, 0.2) is 0 Å². The second-order valence-corrected chi connectivity index (χ2v) is 5.51. The van der Waals surface area contributed by atoms with E-state index in [1.807, 2.05) is 19.1 Å². The Morgan fingerprint density at radius 2 is 2.11 bits per heavy atom. The monoisotopic (exact) mass is 261 g/mol. The van der Waals surface area contributed by atoms with Gasteiger partial charge >= 0.3 is 0 Å². The standard InChI is InChI=1S/C16H23NO2/c1-4-11-19-14-12(5-2)7-6-8-13(14)17-15(18)16(3)9-10-16/h6-8H,4-5,9-11H2,1-3H3,(H,17,18). The Labute approximate surface area is 115 Å². The predicted octanol–water partition coefficient (Wildman–Crippen LogP) is 3.78. The number of hydrogen-bond acceptors (Lipinski definition) is 2. The highest BCUT2D eigenvalue weighted by atomic mass is 16.5. The van der Waals surface area contributed by atoms with E-state index in [2.05, 4.69) is 25.2 Å². The minimum absolute atomic E-state index is 0.113. The molecular formula is C16H23NO2. The molecule has 0 aromatic heterocycles.